The maximum atomic E-state index is 4.50. The number of unbranched alkanes of at least 4 members (excludes halogenated alkanes) is 1. The van der Waals surface area contributed by atoms with Gasteiger partial charge >= 0.3 is 0 Å². The average molecular weight is 284 g/mol. The molecule has 6 nitrogen and oxygen atoms in total. The van der Waals surface area contributed by atoms with Gasteiger partial charge in [-0.2, -0.15) is 11.8 Å². The Labute approximate surface area is 119 Å². The molecule has 0 bridgehead atoms. The summed E-state index contributed by atoms with van der Waals surface area (Å²) in [7, 11) is 1.92. The third kappa shape index (κ3) is 6.47. The molecule has 0 aromatic carbocycles. The maximum Gasteiger partial charge on any atom is 0.191 e. The van der Waals surface area contributed by atoms with E-state index in [1.165, 1.54) is 12.2 Å². The summed E-state index contributed by atoms with van der Waals surface area (Å²) in [4.78, 5) is 4.50. The fourth-order valence-electron chi connectivity index (χ4n) is 1.52. The van der Waals surface area contributed by atoms with Crippen molar-refractivity contribution < 1.29 is 0 Å². The first kappa shape index (κ1) is 15.8. The van der Waals surface area contributed by atoms with E-state index in [1.807, 2.05) is 23.4 Å². The average Bonchev–Trinajstić information content (AvgIpc) is 2.81. The quantitative estimate of drug-likeness (QED) is 0.424. The molecule has 0 aliphatic carbocycles. The number of aliphatic imine (C=N–C) groups is 1. The van der Waals surface area contributed by atoms with Gasteiger partial charge in [0.1, 0.15) is 12.9 Å². The van der Waals surface area contributed by atoms with Gasteiger partial charge in [-0.25, -0.2) is 4.99 Å². The summed E-state index contributed by atoms with van der Waals surface area (Å²) < 4.78 is 1.88. The molecule has 0 aliphatic heterocycles. The first-order valence-electron chi connectivity index (χ1n) is 6.62. The van der Waals surface area contributed by atoms with E-state index < -0.39 is 0 Å². The van der Waals surface area contributed by atoms with E-state index in [0.29, 0.717) is 6.54 Å². The molecule has 0 amide bonds. The normalized spacial score (nSPS) is 11.6. The molecule has 1 aromatic heterocycles. The minimum atomic E-state index is 0.538. The number of nitrogens with one attached hydrogen (secondary N) is 2. The van der Waals surface area contributed by atoms with Crippen LogP contribution in [0.15, 0.2) is 11.3 Å². The van der Waals surface area contributed by atoms with Crippen molar-refractivity contribution in [2.24, 2.45) is 12.0 Å². The number of rotatable bonds is 8. The van der Waals surface area contributed by atoms with Crippen molar-refractivity contribution in [3.63, 3.8) is 0 Å². The minimum absolute atomic E-state index is 0.538. The third-order valence-electron chi connectivity index (χ3n) is 2.60. The lowest BCUT2D eigenvalue weighted by molar-refractivity contribution is 0.726. The standard InChI is InChI=1S/C12H24N6S/c1-4-13-12(14-7-5-6-8-19-3)15-9-11-17-16-10-18(11)2/h10H,4-9H2,1-3H3,(H2,13,14,15). The topological polar surface area (TPSA) is 67.1 Å². The van der Waals surface area contributed by atoms with Crippen LogP contribution in [-0.2, 0) is 13.6 Å². The molecule has 19 heavy (non-hydrogen) atoms. The monoisotopic (exact) mass is 284 g/mol. The van der Waals surface area contributed by atoms with E-state index >= 15 is 0 Å². The molecular formula is C12H24N6S. The molecule has 0 saturated heterocycles. The molecule has 1 aromatic rings. The summed E-state index contributed by atoms with van der Waals surface area (Å²) in [5, 5.41) is 14.4. The van der Waals surface area contributed by atoms with Crippen LogP contribution in [0.5, 0.6) is 0 Å². The summed E-state index contributed by atoms with van der Waals surface area (Å²) >= 11 is 1.89. The Morgan fingerprint density at radius 1 is 1.42 bits per heavy atom. The van der Waals surface area contributed by atoms with Crippen molar-refractivity contribution in [2.45, 2.75) is 26.3 Å². The van der Waals surface area contributed by atoms with Crippen LogP contribution in [0.1, 0.15) is 25.6 Å². The SMILES string of the molecule is CCNC(=NCc1nncn1C)NCCCCSC. The third-order valence-corrected chi connectivity index (χ3v) is 3.29. The van der Waals surface area contributed by atoms with E-state index in [-0.39, 0.29) is 0 Å². The van der Waals surface area contributed by atoms with Crippen molar-refractivity contribution in [1.29, 1.82) is 0 Å². The van der Waals surface area contributed by atoms with Crippen LogP contribution in [-0.4, -0.2) is 45.8 Å². The largest absolute Gasteiger partial charge is 0.357 e. The summed E-state index contributed by atoms with van der Waals surface area (Å²) in [5.74, 6) is 2.92. The molecule has 7 heteroatoms. The van der Waals surface area contributed by atoms with Gasteiger partial charge in [-0.3, -0.25) is 0 Å². The van der Waals surface area contributed by atoms with Gasteiger partial charge in [-0.15, -0.1) is 10.2 Å². The van der Waals surface area contributed by atoms with Gasteiger partial charge in [0.15, 0.2) is 11.8 Å². The Morgan fingerprint density at radius 3 is 2.89 bits per heavy atom. The van der Waals surface area contributed by atoms with Crippen molar-refractivity contribution >= 4 is 17.7 Å². The fraction of sp³-hybridized carbons (Fsp3) is 0.750. The van der Waals surface area contributed by atoms with E-state index in [4.69, 9.17) is 0 Å². The van der Waals surface area contributed by atoms with Crippen LogP contribution in [0.2, 0.25) is 0 Å². The zero-order valence-electron chi connectivity index (χ0n) is 12.0. The first-order chi connectivity index (χ1) is 9.27. The molecule has 0 fully saturated rings. The molecule has 0 aliphatic rings. The second-order valence-electron chi connectivity index (χ2n) is 4.18. The summed E-state index contributed by atoms with van der Waals surface area (Å²) in [6.07, 6.45) is 6.22. The number of hydrogen-bond donors (Lipinski definition) is 2. The minimum Gasteiger partial charge on any atom is -0.357 e. The van der Waals surface area contributed by atoms with E-state index in [2.05, 4.69) is 39.0 Å². The molecule has 0 spiro atoms. The predicted octanol–water partition coefficient (Wildman–Crippen LogP) is 1.01. The predicted molar refractivity (Wildman–Crippen MR) is 81.4 cm³/mol. The van der Waals surface area contributed by atoms with Gasteiger partial charge in [0, 0.05) is 20.1 Å². The first-order valence-corrected chi connectivity index (χ1v) is 8.01. The highest BCUT2D eigenvalue weighted by Gasteiger charge is 2.01. The van der Waals surface area contributed by atoms with Crippen molar-refractivity contribution in [1.82, 2.24) is 25.4 Å². The molecule has 1 heterocycles. The smallest absolute Gasteiger partial charge is 0.191 e. The highest BCUT2D eigenvalue weighted by Crippen LogP contribution is 1.98. The Kier molecular flexibility index (Phi) is 8.04. The fourth-order valence-corrected chi connectivity index (χ4v) is 2.01. The number of hydrogen-bond acceptors (Lipinski definition) is 4. The Hall–Kier alpha value is -1.24. The molecule has 108 valence electrons. The van der Waals surface area contributed by atoms with Crippen LogP contribution in [0.25, 0.3) is 0 Å². The number of nitrogens with zero attached hydrogens (tertiary/aromatic N) is 4. The lowest BCUT2D eigenvalue weighted by atomic mass is 10.3. The highest BCUT2D eigenvalue weighted by atomic mass is 32.2. The zero-order chi connectivity index (χ0) is 13.9. The van der Waals surface area contributed by atoms with Gasteiger partial charge in [0.2, 0.25) is 0 Å². The molecule has 0 radical (unpaired) electrons. The second-order valence-corrected chi connectivity index (χ2v) is 5.17. The lowest BCUT2D eigenvalue weighted by Gasteiger charge is -2.10. The van der Waals surface area contributed by atoms with Crippen LogP contribution in [0.4, 0.5) is 0 Å². The molecule has 0 saturated carbocycles. The zero-order valence-corrected chi connectivity index (χ0v) is 12.8. The van der Waals surface area contributed by atoms with Gasteiger partial charge in [-0.1, -0.05) is 0 Å². The highest BCUT2D eigenvalue weighted by molar-refractivity contribution is 7.98. The van der Waals surface area contributed by atoms with Gasteiger partial charge in [0.25, 0.3) is 0 Å². The Bertz CT molecular complexity index is 376. The summed E-state index contributed by atoms with van der Waals surface area (Å²) in [5.41, 5.74) is 0. The summed E-state index contributed by atoms with van der Waals surface area (Å²) in [6, 6.07) is 0. The molecule has 0 atom stereocenters. The van der Waals surface area contributed by atoms with E-state index in [1.54, 1.807) is 6.33 Å². The Morgan fingerprint density at radius 2 is 2.26 bits per heavy atom. The molecule has 2 N–H and O–H groups in total. The second kappa shape index (κ2) is 9.66. The van der Waals surface area contributed by atoms with Gasteiger partial charge < -0.3 is 15.2 Å². The van der Waals surface area contributed by atoms with Crippen molar-refractivity contribution in [3.05, 3.63) is 12.2 Å². The summed E-state index contributed by atoms with van der Waals surface area (Å²) in [6.45, 7) is 4.41. The van der Waals surface area contributed by atoms with Gasteiger partial charge in [-0.05, 0) is 31.8 Å². The number of thioether (sulfide) groups is 1. The van der Waals surface area contributed by atoms with Crippen molar-refractivity contribution in [2.75, 3.05) is 25.1 Å². The molecule has 1 rings (SSSR count). The lowest BCUT2D eigenvalue weighted by Crippen LogP contribution is -2.37. The number of aryl methyl sites for hydroxylation is 1. The van der Waals surface area contributed by atoms with E-state index in [9.17, 15) is 0 Å². The van der Waals surface area contributed by atoms with Gasteiger partial charge in [0.05, 0.1) is 0 Å². The van der Waals surface area contributed by atoms with E-state index in [0.717, 1.165) is 31.3 Å². The van der Waals surface area contributed by atoms with Crippen LogP contribution in [0.3, 0.4) is 0 Å². The van der Waals surface area contributed by atoms with Crippen LogP contribution >= 0.6 is 11.8 Å². The van der Waals surface area contributed by atoms with Crippen molar-refractivity contribution in [3.8, 4) is 0 Å². The number of guanidine groups is 1. The van der Waals surface area contributed by atoms with Crippen LogP contribution in [0, 0.1) is 0 Å². The number of aromatic nitrogens is 3. The van der Waals surface area contributed by atoms with Crippen LogP contribution < -0.4 is 10.6 Å². The molecular weight excluding hydrogens is 260 g/mol. The molecule has 0 unspecified atom stereocenters. The Balaban J connectivity index is 2.36. The maximum absolute atomic E-state index is 4.50.